The van der Waals surface area contributed by atoms with Gasteiger partial charge in [0.1, 0.15) is 12.1 Å². The number of halogens is 1. The quantitative estimate of drug-likeness (QED) is 0.863. The minimum absolute atomic E-state index is 0.0105. The van der Waals surface area contributed by atoms with Gasteiger partial charge in [0.05, 0.1) is 10.9 Å². The highest BCUT2D eigenvalue weighted by molar-refractivity contribution is 7.99. The summed E-state index contributed by atoms with van der Waals surface area (Å²) < 4.78 is 18.2. The standard InChI is InChI=1S/C13H15FN2OS/c1-8-7-17-13(16-8)18-12(9(2)15)10-3-5-11(14)6-4-10/h3-7,9,12H,15H2,1-2H3. The predicted octanol–water partition coefficient (Wildman–Crippen LogP) is 3.30. The van der Waals surface area contributed by atoms with Crippen molar-refractivity contribution in [1.82, 2.24) is 4.98 Å². The maximum atomic E-state index is 12.9. The fourth-order valence-corrected chi connectivity index (χ4v) is 2.65. The summed E-state index contributed by atoms with van der Waals surface area (Å²) in [4.78, 5) is 4.24. The molecule has 2 rings (SSSR count). The van der Waals surface area contributed by atoms with Crippen LogP contribution in [-0.4, -0.2) is 11.0 Å². The average molecular weight is 266 g/mol. The number of thioether (sulfide) groups is 1. The number of benzene rings is 1. The third-order valence-electron chi connectivity index (χ3n) is 2.50. The lowest BCUT2D eigenvalue weighted by molar-refractivity contribution is 0.452. The van der Waals surface area contributed by atoms with Crippen molar-refractivity contribution >= 4 is 11.8 Å². The third kappa shape index (κ3) is 3.11. The minimum Gasteiger partial charge on any atom is -0.440 e. The molecule has 2 aromatic rings. The first-order valence-corrected chi connectivity index (χ1v) is 6.54. The zero-order chi connectivity index (χ0) is 13.1. The second-order valence-electron chi connectivity index (χ2n) is 4.20. The normalized spacial score (nSPS) is 14.4. The van der Waals surface area contributed by atoms with E-state index in [0.717, 1.165) is 11.3 Å². The van der Waals surface area contributed by atoms with Gasteiger partial charge in [0.15, 0.2) is 0 Å². The first-order valence-electron chi connectivity index (χ1n) is 5.66. The molecule has 1 heterocycles. The van der Waals surface area contributed by atoms with Gasteiger partial charge in [0, 0.05) is 6.04 Å². The SMILES string of the molecule is Cc1coc(SC(c2ccc(F)cc2)C(C)N)n1. The van der Waals surface area contributed by atoms with E-state index in [4.69, 9.17) is 10.2 Å². The molecule has 0 radical (unpaired) electrons. The van der Waals surface area contributed by atoms with Crippen LogP contribution in [0.3, 0.4) is 0 Å². The van der Waals surface area contributed by atoms with Crippen LogP contribution >= 0.6 is 11.8 Å². The summed E-state index contributed by atoms with van der Waals surface area (Å²) in [5.41, 5.74) is 7.78. The molecule has 0 amide bonds. The molecule has 0 saturated heterocycles. The van der Waals surface area contributed by atoms with E-state index < -0.39 is 0 Å². The largest absolute Gasteiger partial charge is 0.440 e. The molecule has 5 heteroatoms. The Morgan fingerprint density at radius 1 is 1.33 bits per heavy atom. The zero-order valence-corrected chi connectivity index (χ0v) is 11.1. The number of nitrogens with two attached hydrogens (primary N) is 1. The fraction of sp³-hybridized carbons (Fsp3) is 0.308. The Morgan fingerprint density at radius 2 is 2.00 bits per heavy atom. The second kappa shape index (κ2) is 5.54. The fourth-order valence-electron chi connectivity index (χ4n) is 1.63. The van der Waals surface area contributed by atoms with Crippen LogP contribution in [0.2, 0.25) is 0 Å². The molecule has 0 aliphatic rings. The third-order valence-corrected chi connectivity index (χ3v) is 3.85. The van der Waals surface area contributed by atoms with Crippen LogP contribution in [0.4, 0.5) is 4.39 Å². The summed E-state index contributed by atoms with van der Waals surface area (Å²) in [7, 11) is 0. The van der Waals surface area contributed by atoms with E-state index in [1.165, 1.54) is 23.9 Å². The molecule has 0 bridgehead atoms. The molecule has 2 N–H and O–H groups in total. The first-order chi connectivity index (χ1) is 8.56. The molecule has 96 valence electrons. The summed E-state index contributed by atoms with van der Waals surface area (Å²) >= 11 is 1.45. The lowest BCUT2D eigenvalue weighted by Gasteiger charge is -2.18. The van der Waals surface area contributed by atoms with Gasteiger partial charge in [0.2, 0.25) is 0 Å². The molecule has 0 fully saturated rings. The molecule has 0 saturated carbocycles. The number of oxazole rings is 1. The van der Waals surface area contributed by atoms with Crippen molar-refractivity contribution in [3.63, 3.8) is 0 Å². The molecule has 18 heavy (non-hydrogen) atoms. The predicted molar refractivity (Wildman–Crippen MR) is 69.9 cm³/mol. The average Bonchev–Trinajstić information content (AvgIpc) is 2.73. The van der Waals surface area contributed by atoms with Gasteiger partial charge in [-0.05, 0) is 31.5 Å². The Bertz CT molecular complexity index is 510. The van der Waals surface area contributed by atoms with Gasteiger partial charge in [0.25, 0.3) is 5.22 Å². The second-order valence-corrected chi connectivity index (χ2v) is 5.30. The van der Waals surface area contributed by atoms with Crippen LogP contribution in [0, 0.1) is 12.7 Å². The monoisotopic (exact) mass is 266 g/mol. The molecule has 0 spiro atoms. The Hall–Kier alpha value is -1.33. The maximum Gasteiger partial charge on any atom is 0.256 e. The number of aryl methyl sites for hydroxylation is 1. The van der Waals surface area contributed by atoms with Crippen molar-refractivity contribution in [1.29, 1.82) is 0 Å². The molecule has 1 aromatic carbocycles. The molecule has 1 aromatic heterocycles. The van der Waals surface area contributed by atoms with Crippen molar-refractivity contribution in [2.75, 3.05) is 0 Å². The van der Waals surface area contributed by atoms with Gasteiger partial charge in [-0.15, -0.1) is 0 Å². The van der Waals surface area contributed by atoms with Crippen LogP contribution in [0.15, 0.2) is 40.2 Å². The van der Waals surface area contributed by atoms with E-state index in [2.05, 4.69) is 4.98 Å². The van der Waals surface area contributed by atoms with E-state index in [-0.39, 0.29) is 17.1 Å². The van der Waals surface area contributed by atoms with E-state index in [1.807, 2.05) is 13.8 Å². The lowest BCUT2D eigenvalue weighted by atomic mass is 10.1. The molecule has 3 nitrogen and oxygen atoms in total. The smallest absolute Gasteiger partial charge is 0.256 e. The summed E-state index contributed by atoms with van der Waals surface area (Å²) in [6.45, 7) is 3.78. The van der Waals surface area contributed by atoms with E-state index in [0.29, 0.717) is 5.22 Å². The summed E-state index contributed by atoms with van der Waals surface area (Å²) in [5.74, 6) is -0.251. The van der Waals surface area contributed by atoms with Gasteiger partial charge < -0.3 is 10.2 Å². The molecule has 0 aliphatic heterocycles. The number of hydrogen-bond donors (Lipinski definition) is 1. The highest BCUT2D eigenvalue weighted by Crippen LogP contribution is 2.36. The van der Waals surface area contributed by atoms with Crippen molar-refractivity contribution < 1.29 is 8.81 Å². The van der Waals surface area contributed by atoms with Crippen molar-refractivity contribution in [2.24, 2.45) is 5.73 Å². The lowest BCUT2D eigenvalue weighted by Crippen LogP contribution is -2.22. The zero-order valence-electron chi connectivity index (χ0n) is 10.3. The van der Waals surface area contributed by atoms with E-state index in [9.17, 15) is 4.39 Å². The van der Waals surface area contributed by atoms with Crippen LogP contribution in [0.5, 0.6) is 0 Å². The van der Waals surface area contributed by atoms with E-state index >= 15 is 0 Å². The van der Waals surface area contributed by atoms with Gasteiger partial charge >= 0.3 is 0 Å². The maximum absolute atomic E-state index is 12.9. The van der Waals surface area contributed by atoms with Crippen molar-refractivity contribution in [3.05, 3.63) is 47.6 Å². The minimum atomic E-state index is -0.251. The van der Waals surface area contributed by atoms with Crippen molar-refractivity contribution in [2.45, 2.75) is 30.4 Å². The Kier molecular flexibility index (Phi) is 4.04. The van der Waals surface area contributed by atoms with Gasteiger partial charge in [-0.2, -0.15) is 0 Å². The topological polar surface area (TPSA) is 52.0 Å². The van der Waals surface area contributed by atoms with Gasteiger partial charge in [-0.25, -0.2) is 9.37 Å². The molecule has 2 atom stereocenters. The van der Waals surface area contributed by atoms with Gasteiger partial charge in [-0.3, -0.25) is 0 Å². The van der Waals surface area contributed by atoms with E-state index in [1.54, 1.807) is 18.4 Å². The Balaban J connectivity index is 2.20. The summed E-state index contributed by atoms with van der Waals surface area (Å²) in [6, 6.07) is 6.27. The Labute approximate surface area is 110 Å². The number of aromatic nitrogens is 1. The van der Waals surface area contributed by atoms with Crippen LogP contribution < -0.4 is 5.73 Å². The Morgan fingerprint density at radius 3 is 2.50 bits per heavy atom. The molecular weight excluding hydrogens is 251 g/mol. The number of rotatable bonds is 4. The molecule has 2 unspecified atom stereocenters. The van der Waals surface area contributed by atoms with Crippen LogP contribution in [-0.2, 0) is 0 Å². The summed E-state index contributed by atoms with van der Waals surface area (Å²) in [5, 5.41) is 0.572. The number of nitrogens with zero attached hydrogens (tertiary/aromatic N) is 1. The van der Waals surface area contributed by atoms with Crippen LogP contribution in [0.1, 0.15) is 23.4 Å². The van der Waals surface area contributed by atoms with Gasteiger partial charge in [-0.1, -0.05) is 23.9 Å². The first kappa shape index (κ1) is 13.1. The highest BCUT2D eigenvalue weighted by atomic mass is 32.2. The van der Waals surface area contributed by atoms with Crippen LogP contribution in [0.25, 0.3) is 0 Å². The molecular formula is C13H15FN2OS. The summed E-state index contributed by atoms with van der Waals surface area (Å²) in [6.07, 6.45) is 1.60. The number of hydrogen-bond acceptors (Lipinski definition) is 4. The molecule has 0 aliphatic carbocycles. The highest BCUT2D eigenvalue weighted by Gasteiger charge is 2.20. The van der Waals surface area contributed by atoms with Crippen molar-refractivity contribution in [3.8, 4) is 0 Å².